The molecular formula is C12H15N5O2S. The highest BCUT2D eigenvalue weighted by atomic mass is 32.2. The van der Waals surface area contributed by atoms with Crippen molar-refractivity contribution in [3.8, 4) is 0 Å². The lowest BCUT2D eigenvalue weighted by molar-refractivity contribution is 0.335. The van der Waals surface area contributed by atoms with Crippen molar-refractivity contribution in [2.45, 2.75) is 18.0 Å². The summed E-state index contributed by atoms with van der Waals surface area (Å²) >= 11 is 0. The molecule has 8 heteroatoms. The van der Waals surface area contributed by atoms with Crippen LogP contribution in [0.25, 0.3) is 0 Å². The minimum atomic E-state index is -3.52. The van der Waals surface area contributed by atoms with E-state index in [-0.39, 0.29) is 4.90 Å². The van der Waals surface area contributed by atoms with Gasteiger partial charge in [-0.25, -0.2) is 18.4 Å². The molecule has 20 heavy (non-hydrogen) atoms. The molecule has 0 atom stereocenters. The van der Waals surface area contributed by atoms with E-state index in [1.807, 2.05) is 10.8 Å². The number of hydrogen-bond donors (Lipinski definition) is 1. The molecule has 1 N–H and O–H groups in total. The minimum Gasteiger partial charge on any atom is -0.373 e. The lowest BCUT2D eigenvalue weighted by atomic mass is 10.4. The predicted octanol–water partition coefficient (Wildman–Crippen LogP) is 0.524. The van der Waals surface area contributed by atoms with Gasteiger partial charge in [-0.2, -0.15) is 4.31 Å². The molecule has 0 bridgehead atoms. The van der Waals surface area contributed by atoms with Crippen molar-refractivity contribution in [1.82, 2.24) is 18.8 Å². The van der Waals surface area contributed by atoms with Crippen LogP contribution in [0.3, 0.4) is 0 Å². The first-order chi connectivity index (χ1) is 9.61. The number of rotatable bonds is 3. The largest absolute Gasteiger partial charge is 0.373 e. The van der Waals surface area contributed by atoms with E-state index in [0.29, 0.717) is 25.5 Å². The monoisotopic (exact) mass is 293 g/mol. The Morgan fingerprint density at radius 2 is 2.10 bits per heavy atom. The number of pyridine rings is 1. The van der Waals surface area contributed by atoms with E-state index in [1.165, 1.54) is 10.5 Å². The number of anilines is 1. The van der Waals surface area contributed by atoms with Gasteiger partial charge in [0.15, 0.2) is 0 Å². The molecular weight excluding hydrogens is 278 g/mol. The third-order valence-corrected chi connectivity index (χ3v) is 5.17. The molecule has 2 aromatic heterocycles. The predicted molar refractivity (Wildman–Crippen MR) is 73.6 cm³/mol. The van der Waals surface area contributed by atoms with Gasteiger partial charge in [0.05, 0.1) is 6.54 Å². The van der Waals surface area contributed by atoms with Crippen molar-refractivity contribution in [2.75, 3.05) is 18.9 Å². The molecule has 0 spiro atoms. The lowest BCUT2D eigenvalue weighted by Crippen LogP contribution is -2.38. The summed E-state index contributed by atoms with van der Waals surface area (Å²) < 4.78 is 28.5. The molecule has 0 unspecified atom stereocenters. The van der Waals surface area contributed by atoms with Crippen LogP contribution in [-0.2, 0) is 23.1 Å². The van der Waals surface area contributed by atoms with Gasteiger partial charge in [0.25, 0.3) is 0 Å². The highest BCUT2D eigenvalue weighted by Crippen LogP contribution is 2.21. The molecule has 0 radical (unpaired) electrons. The fourth-order valence-corrected chi connectivity index (χ4v) is 3.52. The SMILES string of the molecule is CNc1ccc(S(=O)(=O)N2CCn3ccnc3C2)cn1. The maximum absolute atomic E-state index is 12.5. The van der Waals surface area contributed by atoms with Gasteiger partial charge >= 0.3 is 0 Å². The van der Waals surface area contributed by atoms with Crippen LogP contribution in [0.15, 0.2) is 35.6 Å². The molecule has 2 aromatic rings. The van der Waals surface area contributed by atoms with Gasteiger partial charge in [0.2, 0.25) is 10.0 Å². The van der Waals surface area contributed by atoms with E-state index in [1.54, 1.807) is 25.4 Å². The van der Waals surface area contributed by atoms with Crippen LogP contribution in [0.4, 0.5) is 5.82 Å². The fraction of sp³-hybridized carbons (Fsp3) is 0.333. The van der Waals surface area contributed by atoms with Gasteiger partial charge in [-0.15, -0.1) is 0 Å². The molecule has 106 valence electrons. The first-order valence-electron chi connectivity index (χ1n) is 6.25. The van der Waals surface area contributed by atoms with Gasteiger partial charge in [-0.05, 0) is 12.1 Å². The van der Waals surface area contributed by atoms with Gasteiger partial charge < -0.3 is 9.88 Å². The number of nitrogens with one attached hydrogen (secondary N) is 1. The molecule has 3 heterocycles. The Morgan fingerprint density at radius 3 is 2.80 bits per heavy atom. The van der Waals surface area contributed by atoms with Crippen molar-refractivity contribution < 1.29 is 8.42 Å². The second-order valence-electron chi connectivity index (χ2n) is 4.50. The third-order valence-electron chi connectivity index (χ3n) is 3.34. The molecule has 0 aromatic carbocycles. The zero-order chi connectivity index (χ0) is 14.2. The standard InChI is InChI=1S/C12H15N5O2S/c1-13-11-3-2-10(8-15-11)20(18,19)17-7-6-16-5-4-14-12(16)9-17/h2-5,8H,6-7,9H2,1H3,(H,13,15). The second-order valence-corrected chi connectivity index (χ2v) is 6.44. The van der Waals surface area contributed by atoms with Crippen LogP contribution in [0.1, 0.15) is 5.82 Å². The van der Waals surface area contributed by atoms with E-state index in [9.17, 15) is 8.42 Å². The Bertz CT molecular complexity index is 708. The van der Waals surface area contributed by atoms with E-state index >= 15 is 0 Å². The van der Waals surface area contributed by atoms with Gasteiger partial charge in [-0.1, -0.05) is 0 Å². The average molecular weight is 293 g/mol. The zero-order valence-electron chi connectivity index (χ0n) is 11.0. The Hall–Kier alpha value is -1.93. The Morgan fingerprint density at radius 1 is 1.25 bits per heavy atom. The number of nitrogens with zero attached hydrogens (tertiary/aromatic N) is 4. The average Bonchev–Trinajstić information content (AvgIpc) is 2.94. The molecule has 7 nitrogen and oxygen atoms in total. The second kappa shape index (κ2) is 4.88. The summed E-state index contributed by atoms with van der Waals surface area (Å²) in [5.41, 5.74) is 0. The summed E-state index contributed by atoms with van der Waals surface area (Å²) in [5, 5.41) is 2.86. The van der Waals surface area contributed by atoms with Crippen molar-refractivity contribution in [3.05, 3.63) is 36.5 Å². The van der Waals surface area contributed by atoms with Crippen LogP contribution in [0, 0.1) is 0 Å². The molecule has 0 saturated heterocycles. The number of imidazole rings is 1. The summed E-state index contributed by atoms with van der Waals surface area (Å²) in [7, 11) is -1.78. The van der Waals surface area contributed by atoms with Gasteiger partial charge in [0.1, 0.15) is 16.5 Å². The fourth-order valence-electron chi connectivity index (χ4n) is 2.19. The van der Waals surface area contributed by atoms with Gasteiger partial charge in [-0.3, -0.25) is 0 Å². The minimum absolute atomic E-state index is 0.205. The molecule has 0 amide bonds. The molecule has 0 fully saturated rings. The van der Waals surface area contributed by atoms with Crippen molar-refractivity contribution in [3.63, 3.8) is 0 Å². The topological polar surface area (TPSA) is 80.1 Å². The summed E-state index contributed by atoms with van der Waals surface area (Å²) in [5.74, 6) is 1.40. The van der Waals surface area contributed by atoms with E-state index in [0.717, 1.165) is 5.82 Å². The Balaban J connectivity index is 1.88. The normalized spacial score (nSPS) is 15.8. The van der Waals surface area contributed by atoms with Crippen LogP contribution >= 0.6 is 0 Å². The highest BCUT2D eigenvalue weighted by molar-refractivity contribution is 7.89. The van der Waals surface area contributed by atoms with Gasteiger partial charge in [0, 0.05) is 38.7 Å². The Labute approximate surface area is 117 Å². The van der Waals surface area contributed by atoms with Crippen molar-refractivity contribution in [1.29, 1.82) is 0 Å². The maximum Gasteiger partial charge on any atom is 0.245 e. The van der Waals surface area contributed by atoms with E-state index < -0.39 is 10.0 Å². The first kappa shape index (κ1) is 13.1. The smallest absolute Gasteiger partial charge is 0.245 e. The van der Waals surface area contributed by atoms with E-state index in [2.05, 4.69) is 15.3 Å². The van der Waals surface area contributed by atoms with Crippen LogP contribution in [0.5, 0.6) is 0 Å². The van der Waals surface area contributed by atoms with Crippen LogP contribution in [-0.4, -0.2) is 40.9 Å². The quantitative estimate of drug-likeness (QED) is 0.892. The molecule has 1 aliphatic heterocycles. The number of aromatic nitrogens is 3. The van der Waals surface area contributed by atoms with Crippen molar-refractivity contribution in [2.24, 2.45) is 0 Å². The summed E-state index contributed by atoms with van der Waals surface area (Å²) in [4.78, 5) is 8.43. The summed E-state index contributed by atoms with van der Waals surface area (Å²) in [6, 6.07) is 3.22. The van der Waals surface area contributed by atoms with Crippen LogP contribution < -0.4 is 5.32 Å². The number of fused-ring (bicyclic) bond motifs is 1. The first-order valence-corrected chi connectivity index (χ1v) is 7.69. The summed E-state index contributed by atoms with van der Waals surface area (Å²) in [6.07, 6.45) is 4.93. The zero-order valence-corrected chi connectivity index (χ0v) is 11.8. The molecule has 0 aliphatic carbocycles. The van der Waals surface area contributed by atoms with Crippen LogP contribution in [0.2, 0.25) is 0 Å². The molecule has 0 saturated carbocycles. The maximum atomic E-state index is 12.5. The number of sulfonamides is 1. The summed E-state index contributed by atoms with van der Waals surface area (Å²) in [6.45, 7) is 1.36. The van der Waals surface area contributed by atoms with Crippen molar-refractivity contribution >= 4 is 15.8 Å². The highest BCUT2D eigenvalue weighted by Gasteiger charge is 2.29. The Kier molecular flexibility index (Phi) is 3.19. The third kappa shape index (κ3) is 2.16. The molecule has 3 rings (SSSR count). The number of hydrogen-bond acceptors (Lipinski definition) is 5. The lowest BCUT2D eigenvalue weighted by Gasteiger charge is -2.26. The molecule has 1 aliphatic rings. The van der Waals surface area contributed by atoms with E-state index in [4.69, 9.17) is 0 Å².